The molecule has 0 aliphatic carbocycles. The Bertz CT molecular complexity index is 250. The third-order valence-electron chi connectivity index (χ3n) is 1.60. The molecule has 1 N–H and O–H groups in total. The number of carbonyl (C=O) groups is 2. The van der Waals surface area contributed by atoms with Gasteiger partial charge >= 0.3 is 12.1 Å². The van der Waals surface area contributed by atoms with Crippen LogP contribution in [0.5, 0.6) is 0 Å². The lowest BCUT2D eigenvalue weighted by Crippen LogP contribution is -2.43. The number of hydrogen-bond donors (Lipinski definition) is 1. The van der Waals surface area contributed by atoms with Crippen molar-refractivity contribution < 1.29 is 27.9 Å². The van der Waals surface area contributed by atoms with E-state index in [4.69, 9.17) is 5.11 Å². The van der Waals surface area contributed by atoms with Crippen molar-refractivity contribution in [1.82, 2.24) is 4.90 Å². The van der Waals surface area contributed by atoms with E-state index in [9.17, 15) is 22.8 Å². The first-order chi connectivity index (χ1) is 6.63. The molecule has 15 heavy (non-hydrogen) atoms. The smallest absolute Gasteiger partial charge is 0.406 e. The summed E-state index contributed by atoms with van der Waals surface area (Å²) >= 11 is 0. The Kier molecular flexibility index (Phi) is 4.57. The van der Waals surface area contributed by atoms with Gasteiger partial charge in [0.15, 0.2) is 0 Å². The van der Waals surface area contributed by atoms with Crippen LogP contribution in [0, 0.1) is 0 Å². The minimum Gasteiger partial charge on any atom is -0.481 e. The number of carboxylic acid groups (broad SMARTS) is 1. The van der Waals surface area contributed by atoms with Crippen molar-refractivity contribution in [2.24, 2.45) is 0 Å². The molecule has 88 valence electrons. The average Bonchev–Trinajstić information content (AvgIpc) is 1.96. The van der Waals surface area contributed by atoms with Gasteiger partial charge in [-0.15, -0.1) is 0 Å². The maximum atomic E-state index is 12.0. The van der Waals surface area contributed by atoms with E-state index in [2.05, 4.69) is 0 Å². The molecular weight excluding hydrogens is 215 g/mol. The Morgan fingerprint density at radius 1 is 1.33 bits per heavy atom. The maximum Gasteiger partial charge on any atom is 0.406 e. The molecule has 0 atom stereocenters. The molecule has 0 saturated heterocycles. The quantitative estimate of drug-likeness (QED) is 0.735. The molecule has 0 unspecified atom stereocenters. The van der Waals surface area contributed by atoms with Gasteiger partial charge in [0.25, 0.3) is 0 Å². The van der Waals surface area contributed by atoms with Gasteiger partial charge < -0.3 is 10.0 Å². The molecule has 0 aromatic rings. The average molecular weight is 227 g/mol. The number of alkyl halides is 3. The topological polar surface area (TPSA) is 57.6 Å². The molecule has 0 aliphatic heterocycles. The zero-order valence-electron chi connectivity index (χ0n) is 8.34. The third-order valence-corrected chi connectivity index (χ3v) is 1.60. The first-order valence-corrected chi connectivity index (χ1v) is 4.21. The van der Waals surface area contributed by atoms with Crippen molar-refractivity contribution in [2.45, 2.75) is 32.5 Å². The predicted octanol–water partition coefficient (Wildman–Crippen LogP) is 1.26. The second-order valence-electron chi connectivity index (χ2n) is 3.30. The van der Waals surface area contributed by atoms with Gasteiger partial charge in [0, 0.05) is 6.04 Å². The van der Waals surface area contributed by atoms with Crippen LogP contribution in [0.4, 0.5) is 13.2 Å². The number of carboxylic acids is 1. The van der Waals surface area contributed by atoms with Crippen LogP contribution < -0.4 is 0 Å². The minimum atomic E-state index is -4.52. The number of halogens is 3. The molecule has 0 aromatic heterocycles. The van der Waals surface area contributed by atoms with E-state index in [0.717, 1.165) is 0 Å². The highest BCUT2D eigenvalue weighted by Crippen LogP contribution is 2.18. The monoisotopic (exact) mass is 227 g/mol. The Labute approximate surface area is 84.7 Å². The van der Waals surface area contributed by atoms with Crippen LogP contribution in [0.25, 0.3) is 0 Å². The van der Waals surface area contributed by atoms with Crippen LogP contribution in [0.3, 0.4) is 0 Å². The highest BCUT2D eigenvalue weighted by molar-refractivity contribution is 5.93. The normalized spacial score (nSPS) is 11.6. The van der Waals surface area contributed by atoms with Crippen molar-refractivity contribution in [2.75, 3.05) is 6.54 Å². The summed E-state index contributed by atoms with van der Waals surface area (Å²) in [5, 5.41) is 8.28. The molecule has 1 amide bonds. The minimum absolute atomic E-state index is 0.494. The van der Waals surface area contributed by atoms with Gasteiger partial charge in [0.1, 0.15) is 13.0 Å². The second-order valence-corrected chi connectivity index (χ2v) is 3.30. The van der Waals surface area contributed by atoms with Gasteiger partial charge in [-0.25, -0.2) is 0 Å². The largest absolute Gasteiger partial charge is 0.481 e. The number of nitrogens with zero attached hydrogens (tertiary/aromatic N) is 1. The van der Waals surface area contributed by atoms with Gasteiger partial charge in [-0.2, -0.15) is 13.2 Å². The Morgan fingerprint density at radius 2 is 1.80 bits per heavy atom. The van der Waals surface area contributed by atoms with E-state index >= 15 is 0 Å². The fourth-order valence-corrected chi connectivity index (χ4v) is 0.983. The number of rotatable bonds is 4. The number of amides is 1. The number of aliphatic carboxylic acids is 1. The molecule has 4 nitrogen and oxygen atoms in total. The first-order valence-electron chi connectivity index (χ1n) is 4.21. The molecule has 0 rings (SSSR count). The van der Waals surface area contributed by atoms with Gasteiger partial charge in [-0.1, -0.05) is 0 Å². The standard InChI is InChI=1S/C8H12F3NO3/c1-5(2)12(4-8(9,10)11)6(13)3-7(14)15/h5H,3-4H2,1-2H3,(H,14,15). The van der Waals surface area contributed by atoms with Crippen LogP contribution in [-0.2, 0) is 9.59 Å². The highest BCUT2D eigenvalue weighted by atomic mass is 19.4. The van der Waals surface area contributed by atoms with Crippen LogP contribution in [0.1, 0.15) is 20.3 Å². The third kappa shape index (κ3) is 5.92. The molecule has 0 aliphatic rings. The predicted molar refractivity (Wildman–Crippen MR) is 45.2 cm³/mol. The van der Waals surface area contributed by atoms with Crippen molar-refractivity contribution in [3.8, 4) is 0 Å². The van der Waals surface area contributed by atoms with E-state index in [-0.39, 0.29) is 0 Å². The van der Waals surface area contributed by atoms with Crippen molar-refractivity contribution in [1.29, 1.82) is 0 Å². The summed E-state index contributed by atoms with van der Waals surface area (Å²) in [5.41, 5.74) is 0. The molecule has 0 saturated carbocycles. The summed E-state index contributed by atoms with van der Waals surface area (Å²) in [6, 6.07) is -0.682. The van der Waals surface area contributed by atoms with E-state index in [1.165, 1.54) is 13.8 Å². The molecule has 0 heterocycles. The lowest BCUT2D eigenvalue weighted by Gasteiger charge is -2.27. The molecular formula is C8H12F3NO3. The van der Waals surface area contributed by atoms with Gasteiger partial charge in [-0.3, -0.25) is 9.59 Å². The number of carbonyl (C=O) groups excluding carboxylic acids is 1. The summed E-state index contributed by atoms with van der Waals surface area (Å²) < 4.78 is 36.1. The van der Waals surface area contributed by atoms with E-state index in [1.54, 1.807) is 0 Å². The molecule has 0 bridgehead atoms. The maximum absolute atomic E-state index is 12.0. The van der Waals surface area contributed by atoms with Crippen LogP contribution >= 0.6 is 0 Å². The Balaban J connectivity index is 4.53. The summed E-state index contributed by atoms with van der Waals surface area (Å²) in [5.74, 6) is -2.47. The number of hydrogen-bond acceptors (Lipinski definition) is 2. The van der Waals surface area contributed by atoms with E-state index < -0.39 is 37.1 Å². The van der Waals surface area contributed by atoms with Crippen molar-refractivity contribution in [3.63, 3.8) is 0 Å². The molecule has 0 fully saturated rings. The van der Waals surface area contributed by atoms with Crippen LogP contribution in [-0.4, -0.2) is 40.6 Å². The molecule has 0 radical (unpaired) electrons. The fraction of sp³-hybridized carbons (Fsp3) is 0.750. The van der Waals surface area contributed by atoms with Gasteiger partial charge in [-0.05, 0) is 13.8 Å². The zero-order chi connectivity index (χ0) is 12.2. The highest BCUT2D eigenvalue weighted by Gasteiger charge is 2.34. The summed E-state index contributed by atoms with van der Waals surface area (Å²) in [6.07, 6.45) is -5.44. The summed E-state index contributed by atoms with van der Waals surface area (Å²) in [7, 11) is 0. The van der Waals surface area contributed by atoms with Crippen LogP contribution in [0.15, 0.2) is 0 Å². The fourth-order valence-electron chi connectivity index (χ4n) is 0.983. The first kappa shape index (κ1) is 13.7. The molecule has 0 spiro atoms. The lowest BCUT2D eigenvalue weighted by molar-refractivity contribution is -0.166. The Morgan fingerprint density at radius 3 is 2.07 bits per heavy atom. The zero-order valence-corrected chi connectivity index (χ0v) is 8.34. The van der Waals surface area contributed by atoms with Crippen LogP contribution in [0.2, 0.25) is 0 Å². The van der Waals surface area contributed by atoms with Gasteiger partial charge in [0.2, 0.25) is 5.91 Å². The van der Waals surface area contributed by atoms with E-state index in [1.807, 2.05) is 0 Å². The Hall–Kier alpha value is -1.27. The van der Waals surface area contributed by atoms with Gasteiger partial charge in [0.05, 0.1) is 0 Å². The van der Waals surface area contributed by atoms with Crippen molar-refractivity contribution >= 4 is 11.9 Å². The molecule has 0 aromatic carbocycles. The SMILES string of the molecule is CC(C)N(CC(F)(F)F)C(=O)CC(=O)O. The van der Waals surface area contributed by atoms with Crippen molar-refractivity contribution in [3.05, 3.63) is 0 Å². The lowest BCUT2D eigenvalue weighted by atomic mass is 10.2. The summed E-state index contributed by atoms with van der Waals surface area (Å²) in [4.78, 5) is 21.8. The second kappa shape index (κ2) is 4.99. The molecule has 7 heteroatoms. The van der Waals surface area contributed by atoms with E-state index in [0.29, 0.717) is 4.90 Å². The summed E-state index contributed by atoms with van der Waals surface area (Å²) in [6.45, 7) is 1.37.